The summed E-state index contributed by atoms with van der Waals surface area (Å²) in [5.41, 5.74) is 0.409. The molecular weight excluding hydrogens is 268 g/mol. The Bertz CT molecular complexity index is 433. The van der Waals surface area contributed by atoms with E-state index < -0.39 is 12.2 Å². The molecule has 1 heterocycles. The summed E-state index contributed by atoms with van der Waals surface area (Å²) in [5.74, 6) is -0.325. The molecule has 3 N–H and O–H groups in total. The average molecular weight is 286 g/mol. The molecule has 0 aliphatic rings. The number of hydrogen-bond acceptors (Lipinski definition) is 5. The van der Waals surface area contributed by atoms with E-state index in [4.69, 9.17) is 4.74 Å². The molecule has 0 spiro atoms. The number of anilines is 1. The average Bonchev–Trinajstić information content (AvgIpc) is 2.83. The van der Waals surface area contributed by atoms with Crippen LogP contribution in [0.3, 0.4) is 0 Å². The molecule has 0 saturated carbocycles. The first kappa shape index (κ1) is 15.5. The molecule has 0 aliphatic heterocycles. The summed E-state index contributed by atoms with van der Waals surface area (Å²) in [4.78, 5) is 23.6. The van der Waals surface area contributed by atoms with Gasteiger partial charge in [0.25, 0.3) is 5.91 Å². The van der Waals surface area contributed by atoms with Gasteiger partial charge in [0.2, 0.25) is 0 Å². The van der Waals surface area contributed by atoms with Crippen molar-refractivity contribution in [3.63, 3.8) is 0 Å². The first-order valence-corrected chi connectivity index (χ1v) is 6.93. The number of aliphatic hydroxyl groups excluding tert-OH is 1. The molecule has 0 saturated heterocycles. The highest BCUT2D eigenvalue weighted by Gasteiger charge is 2.16. The highest BCUT2D eigenvalue weighted by atomic mass is 32.1. The van der Waals surface area contributed by atoms with Gasteiger partial charge >= 0.3 is 6.09 Å². The van der Waals surface area contributed by atoms with Gasteiger partial charge in [-0.1, -0.05) is 6.92 Å². The highest BCUT2D eigenvalue weighted by Crippen LogP contribution is 2.22. The Kier molecular flexibility index (Phi) is 6.31. The van der Waals surface area contributed by atoms with Crippen LogP contribution < -0.4 is 10.6 Å². The third-order valence-electron chi connectivity index (χ3n) is 2.35. The van der Waals surface area contributed by atoms with Crippen molar-refractivity contribution in [2.75, 3.05) is 18.5 Å². The van der Waals surface area contributed by atoms with Crippen molar-refractivity contribution in [3.8, 4) is 0 Å². The Labute approximate surface area is 115 Å². The molecule has 1 rings (SSSR count). The fourth-order valence-electron chi connectivity index (χ4n) is 1.30. The highest BCUT2D eigenvalue weighted by molar-refractivity contribution is 7.12. The van der Waals surface area contributed by atoms with Gasteiger partial charge < -0.3 is 15.2 Å². The van der Waals surface area contributed by atoms with Crippen molar-refractivity contribution in [2.45, 2.75) is 26.4 Å². The second kappa shape index (κ2) is 7.75. The predicted molar refractivity (Wildman–Crippen MR) is 73.6 cm³/mol. The van der Waals surface area contributed by atoms with Gasteiger partial charge in [-0.2, -0.15) is 0 Å². The van der Waals surface area contributed by atoms with E-state index in [-0.39, 0.29) is 19.1 Å². The minimum Gasteiger partial charge on any atom is -0.450 e. The minimum atomic E-state index is -0.594. The van der Waals surface area contributed by atoms with E-state index in [0.29, 0.717) is 17.0 Å². The maximum absolute atomic E-state index is 11.9. The van der Waals surface area contributed by atoms with Crippen LogP contribution in [0.15, 0.2) is 11.4 Å². The molecule has 0 fully saturated rings. The molecule has 1 atom stereocenters. The third kappa shape index (κ3) is 4.88. The minimum absolute atomic E-state index is 0.187. The van der Waals surface area contributed by atoms with Gasteiger partial charge in [0.1, 0.15) is 4.88 Å². The van der Waals surface area contributed by atoms with Crippen molar-refractivity contribution in [1.29, 1.82) is 0 Å². The van der Waals surface area contributed by atoms with Crippen LogP contribution in [0.4, 0.5) is 10.5 Å². The molecule has 0 aliphatic carbocycles. The number of carbonyl (C=O) groups excluding carboxylic acids is 2. The lowest BCUT2D eigenvalue weighted by atomic mass is 10.3. The normalized spacial score (nSPS) is 11.7. The summed E-state index contributed by atoms with van der Waals surface area (Å²) in [5, 5.41) is 16.2. The number of nitrogens with one attached hydrogen (secondary N) is 2. The second-order valence-electron chi connectivity index (χ2n) is 3.78. The largest absolute Gasteiger partial charge is 0.450 e. The number of ether oxygens (including phenoxy) is 1. The summed E-state index contributed by atoms with van der Waals surface area (Å²) in [6.45, 7) is 3.98. The zero-order valence-electron chi connectivity index (χ0n) is 10.9. The Hall–Kier alpha value is -1.60. The number of amides is 2. The van der Waals surface area contributed by atoms with Gasteiger partial charge in [0, 0.05) is 6.54 Å². The lowest BCUT2D eigenvalue weighted by Crippen LogP contribution is -2.31. The Morgan fingerprint density at radius 1 is 1.47 bits per heavy atom. The molecular formula is C12H18N2O4S. The van der Waals surface area contributed by atoms with Crippen LogP contribution in [-0.2, 0) is 4.74 Å². The van der Waals surface area contributed by atoms with E-state index in [2.05, 4.69) is 10.6 Å². The second-order valence-corrected chi connectivity index (χ2v) is 4.70. The zero-order chi connectivity index (χ0) is 14.3. The lowest BCUT2D eigenvalue weighted by molar-refractivity contribution is 0.0918. The maximum Gasteiger partial charge on any atom is 0.411 e. The van der Waals surface area contributed by atoms with E-state index in [9.17, 15) is 14.7 Å². The number of rotatable bonds is 6. The monoisotopic (exact) mass is 286 g/mol. The zero-order valence-corrected chi connectivity index (χ0v) is 11.8. The predicted octanol–water partition coefficient (Wildman–Crippen LogP) is 1.82. The van der Waals surface area contributed by atoms with E-state index in [1.807, 2.05) is 6.92 Å². The number of carbonyl (C=O) groups is 2. The van der Waals surface area contributed by atoms with Gasteiger partial charge in [-0.15, -0.1) is 11.3 Å². The fourth-order valence-corrected chi connectivity index (χ4v) is 2.06. The van der Waals surface area contributed by atoms with Crippen LogP contribution in [0.25, 0.3) is 0 Å². The Morgan fingerprint density at radius 3 is 2.84 bits per heavy atom. The molecule has 1 aromatic rings. The van der Waals surface area contributed by atoms with Crippen molar-refractivity contribution in [3.05, 3.63) is 16.3 Å². The smallest absolute Gasteiger partial charge is 0.411 e. The number of thiophene rings is 1. The molecule has 7 heteroatoms. The standard InChI is InChI=1S/C12H18N2O4S/c1-3-8(15)7-13-11(16)10-9(5-6-19-10)14-12(17)18-4-2/h5-6,8,15H,3-4,7H2,1-2H3,(H,13,16)(H,14,17). The quantitative estimate of drug-likeness (QED) is 0.744. The Balaban J connectivity index is 2.61. The van der Waals surface area contributed by atoms with E-state index in [1.165, 1.54) is 11.3 Å². The molecule has 1 aromatic heterocycles. The van der Waals surface area contributed by atoms with Crippen molar-refractivity contribution >= 4 is 29.0 Å². The summed E-state index contributed by atoms with van der Waals surface area (Å²) >= 11 is 1.21. The van der Waals surface area contributed by atoms with Crippen LogP contribution in [0.1, 0.15) is 29.9 Å². The Morgan fingerprint density at radius 2 is 2.21 bits per heavy atom. The van der Waals surface area contributed by atoms with Gasteiger partial charge in [-0.25, -0.2) is 4.79 Å². The van der Waals surface area contributed by atoms with Crippen LogP contribution >= 0.6 is 11.3 Å². The SMILES string of the molecule is CCOC(=O)Nc1ccsc1C(=O)NCC(O)CC. The molecule has 0 radical (unpaired) electrons. The van der Waals surface area contributed by atoms with E-state index >= 15 is 0 Å². The topological polar surface area (TPSA) is 87.7 Å². The first-order valence-electron chi connectivity index (χ1n) is 6.06. The molecule has 2 amide bonds. The molecule has 1 unspecified atom stereocenters. The summed E-state index contributed by atoms with van der Waals surface area (Å²) in [6, 6.07) is 1.63. The molecule has 0 bridgehead atoms. The summed E-state index contributed by atoms with van der Waals surface area (Å²) < 4.78 is 4.75. The van der Waals surface area contributed by atoms with Gasteiger partial charge in [-0.05, 0) is 24.8 Å². The molecule has 6 nitrogen and oxygen atoms in total. The van der Waals surface area contributed by atoms with E-state index in [0.717, 1.165) is 0 Å². The fraction of sp³-hybridized carbons (Fsp3) is 0.500. The van der Waals surface area contributed by atoms with Crippen LogP contribution in [-0.4, -0.2) is 36.4 Å². The van der Waals surface area contributed by atoms with Crippen LogP contribution in [0.5, 0.6) is 0 Å². The van der Waals surface area contributed by atoms with Gasteiger partial charge in [0.05, 0.1) is 18.4 Å². The van der Waals surface area contributed by atoms with E-state index in [1.54, 1.807) is 18.4 Å². The molecule has 19 heavy (non-hydrogen) atoms. The van der Waals surface area contributed by atoms with Gasteiger partial charge in [-0.3, -0.25) is 10.1 Å². The van der Waals surface area contributed by atoms with Crippen molar-refractivity contribution in [2.24, 2.45) is 0 Å². The first-order chi connectivity index (χ1) is 9.08. The van der Waals surface area contributed by atoms with Crippen LogP contribution in [0, 0.1) is 0 Å². The summed E-state index contributed by atoms with van der Waals surface area (Å²) in [7, 11) is 0. The maximum atomic E-state index is 11.9. The van der Waals surface area contributed by atoms with Crippen molar-refractivity contribution in [1.82, 2.24) is 5.32 Å². The summed E-state index contributed by atoms with van der Waals surface area (Å²) in [6.07, 6.45) is -0.590. The molecule has 106 valence electrons. The van der Waals surface area contributed by atoms with Crippen molar-refractivity contribution < 1.29 is 19.4 Å². The molecule has 0 aromatic carbocycles. The van der Waals surface area contributed by atoms with Crippen LogP contribution in [0.2, 0.25) is 0 Å². The van der Waals surface area contributed by atoms with Gasteiger partial charge in [0.15, 0.2) is 0 Å². The number of hydrogen-bond donors (Lipinski definition) is 3. The lowest BCUT2D eigenvalue weighted by Gasteiger charge is -2.10. The number of aliphatic hydroxyl groups is 1. The third-order valence-corrected chi connectivity index (χ3v) is 3.27.